The average molecular weight is 323 g/mol. The van der Waals surface area contributed by atoms with Gasteiger partial charge in [-0.2, -0.15) is 0 Å². The Labute approximate surface area is 134 Å². The Bertz CT molecular complexity index is 545. The lowest BCUT2D eigenvalue weighted by Gasteiger charge is -1.99. The van der Waals surface area contributed by atoms with Gasteiger partial charge in [0.05, 0.1) is 0 Å². The Morgan fingerprint density at radius 2 is 1.68 bits per heavy atom. The number of aldehydes is 1. The van der Waals surface area contributed by atoms with Gasteiger partial charge in [-0.15, -0.1) is 0 Å². The second kappa shape index (κ2) is 12.4. The zero-order valence-corrected chi connectivity index (χ0v) is 13.0. The van der Waals surface area contributed by atoms with Gasteiger partial charge in [0.1, 0.15) is 6.29 Å². The topological polar surface area (TPSA) is 92.4 Å². The Balaban J connectivity index is 0.000000366. The first-order valence-electron chi connectivity index (χ1n) is 6.36. The summed E-state index contributed by atoms with van der Waals surface area (Å²) in [5.74, 6) is 0. The van der Waals surface area contributed by atoms with Crippen LogP contribution in [-0.4, -0.2) is 24.5 Å². The van der Waals surface area contributed by atoms with Crippen molar-refractivity contribution in [3.05, 3.63) is 65.2 Å². The van der Waals surface area contributed by atoms with Gasteiger partial charge >= 0.3 is 6.03 Å². The van der Waals surface area contributed by atoms with E-state index in [4.69, 9.17) is 22.4 Å². The number of hydrogen-bond acceptors (Lipinski definition) is 3. The van der Waals surface area contributed by atoms with E-state index in [-0.39, 0.29) is 0 Å². The fraction of sp³-hybridized carbons (Fsp3) is 0.125. The average Bonchev–Trinajstić information content (AvgIpc) is 2.53. The molecule has 0 heterocycles. The second-order valence-corrected chi connectivity index (χ2v) is 4.29. The number of aliphatic hydroxyl groups excluding tert-OH is 1. The number of hydrogen-bond donors (Lipinski definition) is 3. The predicted molar refractivity (Wildman–Crippen MR) is 89.0 cm³/mol. The number of anilines is 1. The van der Waals surface area contributed by atoms with Crippen LogP contribution in [0.4, 0.5) is 10.5 Å². The number of carbonyl (C=O) groups excluding carboxylic acids is 2. The van der Waals surface area contributed by atoms with Gasteiger partial charge in [0.15, 0.2) is 0 Å². The van der Waals surface area contributed by atoms with Gasteiger partial charge in [0.2, 0.25) is 0 Å². The highest BCUT2D eigenvalue weighted by Crippen LogP contribution is 2.12. The molecule has 2 amide bonds. The Morgan fingerprint density at radius 1 is 1.14 bits per heavy atom. The van der Waals surface area contributed by atoms with Crippen molar-refractivity contribution in [1.29, 1.82) is 0 Å². The van der Waals surface area contributed by atoms with Crippen LogP contribution in [0.1, 0.15) is 5.56 Å². The molecule has 0 unspecified atom stereocenters. The maximum absolute atomic E-state index is 10.3. The summed E-state index contributed by atoms with van der Waals surface area (Å²) in [7, 11) is 1.00. The number of primary amides is 1. The molecule has 0 aliphatic carbocycles. The lowest BCUT2D eigenvalue weighted by molar-refractivity contribution is -0.107. The van der Waals surface area contributed by atoms with E-state index in [1.54, 1.807) is 24.3 Å². The first-order chi connectivity index (χ1) is 10.6. The molecule has 6 heteroatoms. The van der Waals surface area contributed by atoms with Crippen LogP contribution in [0, 0.1) is 0 Å². The highest BCUT2D eigenvalue weighted by molar-refractivity contribution is 6.30. The fourth-order valence-corrected chi connectivity index (χ4v) is 1.51. The van der Waals surface area contributed by atoms with E-state index < -0.39 is 6.03 Å². The van der Waals surface area contributed by atoms with E-state index >= 15 is 0 Å². The molecule has 0 aromatic heterocycles. The molecule has 0 radical (unpaired) electrons. The first-order valence-corrected chi connectivity index (χ1v) is 6.74. The third-order valence-corrected chi connectivity index (χ3v) is 2.53. The molecule has 2 rings (SSSR count). The molecule has 118 valence electrons. The molecule has 0 spiro atoms. The van der Waals surface area contributed by atoms with Crippen LogP contribution in [0.15, 0.2) is 54.6 Å². The van der Waals surface area contributed by atoms with Gasteiger partial charge in [0, 0.05) is 24.2 Å². The minimum absolute atomic E-state index is 0.529. The molecule has 2 aromatic rings. The highest BCUT2D eigenvalue weighted by Gasteiger charge is 1.93. The van der Waals surface area contributed by atoms with Crippen molar-refractivity contribution >= 4 is 29.6 Å². The zero-order valence-electron chi connectivity index (χ0n) is 12.2. The van der Waals surface area contributed by atoms with Crippen molar-refractivity contribution in [1.82, 2.24) is 0 Å². The molecule has 5 nitrogen and oxygen atoms in total. The number of nitrogens with two attached hydrogens (primary N) is 1. The molecular weight excluding hydrogens is 304 g/mol. The predicted octanol–water partition coefficient (Wildman–Crippen LogP) is 2.87. The normalized spacial score (nSPS) is 8.50. The molecule has 4 N–H and O–H groups in total. The van der Waals surface area contributed by atoms with Gasteiger partial charge in [-0.3, -0.25) is 0 Å². The summed E-state index contributed by atoms with van der Waals surface area (Å²) >= 11 is 5.60. The fourth-order valence-electron chi connectivity index (χ4n) is 1.39. The van der Waals surface area contributed by atoms with Gasteiger partial charge < -0.3 is 21.0 Å². The summed E-state index contributed by atoms with van der Waals surface area (Å²) in [6, 6.07) is 15.8. The number of rotatable bonds is 3. The van der Waals surface area contributed by atoms with Gasteiger partial charge in [-0.05, 0) is 29.8 Å². The van der Waals surface area contributed by atoms with Crippen molar-refractivity contribution in [2.24, 2.45) is 5.73 Å². The summed E-state index contributed by atoms with van der Waals surface area (Å²) in [6.07, 6.45) is 1.44. The van der Waals surface area contributed by atoms with E-state index in [9.17, 15) is 9.59 Å². The molecule has 0 aliphatic rings. The summed E-state index contributed by atoms with van der Waals surface area (Å²) in [5.41, 5.74) is 6.60. The number of halogens is 1. The standard InChI is InChI=1S/C8H8O.C7H7ClN2O.CH4O/c9-7-6-8-4-2-1-3-5-8;8-5-1-3-6(4-2-5)10-7(9)11;1-2/h1-5,7H,6H2;1-4H,(H3,9,10,11);2H,1H3. The van der Waals surface area contributed by atoms with Crippen LogP contribution in [0.2, 0.25) is 5.02 Å². The summed E-state index contributed by atoms with van der Waals surface area (Å²) in [5, 5.41) is 10.0. The number of aliphatic hydroxyl groups is 1. The molecule has 0 fully saturated rings. The summed E-state index contributed by atoms with van der Waals surface area (Å²) in [6.45, 7) is 0. The third kappa shape index (κ3) is 9.52. The summed E-state index contributed by atoms with van der Waals surface area (Å²) in [4.78, 5) is 20.3. The number of urea groups is 1. The van der Waals surface area contributed by atoms with Crippen molar-refractivity contribution in [3.8, 4) is 0 Å². The van der Waals surface area contributed by atoms with Gasteiger partial charge in [0.25, 0.3) is 0 Å². The van der Waals surface area contributed by atoms with Crippen molar-refractivity contribution in [2.75, 3.05) is 12.4 Å². The smallest absolute Gasteiger partial charge is 0.316 e. The lowest BCUT2D eigenvalue weighted by atomic mass is 10.2. The Kier molecular flexibility index (Phi) is 11.0. The van der Waals surface area contributed by atoms with E-state index in [2.05, 4.69) is 5.32 Å². The number of carbonyl (C=O) groups is 2. The number of nitrogens with one attached hydrogen (secondary N) is 1. The molecule has 0 saturated carbocycles. The lowest BCUT2D eigenvalue weighted by Crippen LogP contribution is -2.18. The van der Waals surface area contributed by atoms with Gasteiger partial charge in [-0.1, -0.05) is 41.9 Å². The minimum atomic E-state index is -0.577. The molecule has 0 bridgehead atoms. The van der Waals surface area contributed by atoms with Crippen LogP contribution in [0.3, 0.4) is 0 Å². The molecule has 22 heavy (non-hydrogen) atoms. The summed E-state index contributed by atoms with van der Waals surface area (Å²) < 4.78 is 0. The van der Waals surface area contributed by atoms with Crippen LogP contribution in [0.5, 0.6) is 0 Å². The highest BCUT2D eigenvalue weighted by atomic mass is 35.5. The molecule has 2 aromatic carbocycles. The number of benzene rings is 2. The second-order valence-electron chi connectivity index (χ2n) is 3.85. The maximum Gasteiger partial charge on any atom is 0.316 e. The van der Waals surface area contributed by atoms with Crippen LogP contribution in [0.25, 0.3) is 0 Å². The van der Waals surface area contributed by atoms with Crippen LogP contribution < -0.4 is 11.1 Å². The van der Waals surface area contributed by atoms with E-state index in [1.807, 2.05) is 30.3 Å². The molecule has 0 saturated heterocycles. The minimum Gasteiger partial charge on any atom is -0.400 e. The Morgan fingerprint density at radius 3 is 2.14 bits per heavy atom. The van der Waals surface area contributed by atoms with Crippen LogP contribution >= 0.6 is 11.6 Å². The zero-order chi connectivity index (χ0) is 16.8. The molecular formula is C16H19ClN2O3. The quantitative estimate of drug-likeness (QED) is 0.759. The Hall–Kier alpha value is -2.37. The van der Waals surface area contributed by atoms with Crippen LogP contribution in [-0.2, 0) is 11.2 Å². The third-order valence-electron chi connectivity index (χ3n) is 2.27. The van der Waals surface area contributed by atoms with E-state index in [0.717, 1.165) is 19.0 Å². The van der Waals surface area contributed by atoms with Crippen molar-refractivity contribution in [2.45, 2.75) is 6.42 Å². The van der Waals surface area contributed by atoms with Gasteiger partial charge in [-0.25, -0.2) is 4.79 Å². The molecule has 0 atom stereocenters. The first kappa shape index (κ1) is 19.6. The monoisotopic (exact) mass is 322 g/mol. The number of amides is 2. The SMILES string of the molecule is CO.NC(=O)Nc1ccc(Cl)cc1.O=CCc1ccccc1. The van der Waals surface area contributed by atoms with Crippen molar-refractivity contribution < 1.29 is 14.7 Å². The largest absolute Gasteiger partial charge is 0.400 e. The van der Waals surface area contributed by atoms with E-state index in [1.165, 1.54) is 0 Å². The maximum atomic E-state index is 10.3. The van der Waals surface area contributed by atoms with E-state index in [0.29, 0.717) is 17.1 Å². The molecule has 0 aliphatic heterocycles. The van der Waals surface area contributed by atoms with Crippen molar-refractivity contribution in [3.63, 3.8) is 0 Å².